The Labute approximate surface area is 186 Å². The van der Waals surface area contributed by atoms with E-state index in [2.05, 4.69) is 5.32 Å². The van der Waals surface area contributed by atoms with Gasteiger partial charge in [-0.15, -0.1) is 0 Å². The smallest absolute Gasteiger partial charge is 0.262 e. The third-order valence-corrected chi connectivity index (χ3v) is 6.22. The van der Waals surface area contributed by atoms with Crippen LogP contribution in [0.15, 0.2) is 77.7 Å². The van der Waals surface area contributed by atoms with Gasteiger partial charge in [-0.3, -0.25) is 4.79 Å². The van der Waals surface area contributed by atoms with Gasteiger partial charge in [-0.2, -0.15) is 0 Å². The second-order valence-corrected chi connectivity index (χ2v) is 9.24. The summed E-state index contributed by atoms with van der Waals surface area (Å²) >= 11 is 6.06. The first-order chi connectivity index (χ1) is 14.8. The number of benzene rings is 3. The number of halogens is 1. The van der Waals surface area contributed by atoms with Crippen LogP contribution in [-0.2, 0) is 14.8 Å². The highest BCUT2D eigenvalue weighted by molar-refractivity contribution is 7.89. The number of para-hydroxylation sites is 1. The highest BCUT2D eigenvalue weighted by atomic mass is 35.5. The number of sulfonamides is 1. The Hall–Kier alpha value is -3.07. The molecule has 0 unspecified atom stereocenters. The molecule has 0 spiro atoms. The molecule has 0 saturated carbocycles. The molecule has 31 heavy (non-hydrogen) atoms. The van der Waals surface area contributed by atoms with Crippen LogP contribution in [0.5, 0.6) is 17.2 Å². The van der Waals surface area contributed by atoms with Gasteiger partial charge in [-0.1, -0.05) is 29.8 Å². The van der Waals surface area contributed by atoms with Crippen molar-refractivity contribution in [2.24, 2.45) is 0 Å². The van der Waals surface area contributed by atoms with Crippen LogP contribution in [0, 0.1) is 0 Å². The van der Waals surface area contributed by atoms with E-state index >= 15 is 0 Å². The van der Waals surface area contributed by atoms with E-state index in [4.69, 9.17) is 21.1 Å². The van der Waals surface area contributed by atoms with Crippen molar-refractivity contribution in [2.75, 3.05) is 26.0 Å². The second-order valence-electron chi connectivity index (χ2n) is 6.65. The Morgan fingerprint density at radius 3 is 2.29 bits per heavy atom. The van der Waals surface area contributed by atoms with Crippen molar-refractivity contribution < 1.29 is 22.7 Å². The van der Waals surface area contributed by atoms with Crippen molar-refractivity contribution in [3.63, 3.8) is 0 Å². The first-order valence-electron chi connectivity index (χ1n) is 9.23. The molecule has 0 bridgehead atoms. The van der Waals surface area contributed by atoms with E-state index in [9.17, 15) is 13.2 Å². The van der Waals surface area contributed by atoms with Gasteiger partial charge in [0.15, 0.2) is 12.4 Å². The van der Waals surface area contributed by atoms with Gasteiger partial charge >= 0.3 is 0 Å². The highest BCUT2D eigenvalue weighted by Gasteiger charge is 2.17. The summed E-state index contributed by atoms with van der Waals surface area (Å²) in [6.07, 6.45) is 0. The first kappa shape index (κ1) is 22.6. The third-order valence-electron chi connectivity index (χ3n) is 4.16. The molecule has 9 heteroatoms. The van der Waals surface area contributed by atoms with Crippen LogP contribution in [0.4, 0.5) is 5.69 Å². The Kier molecular flexibility index (Phi) is 7.17. The molecule has 0 radical (unpaired) electrons. The van der Waals surface area contributed by atoms with Crippen LogP contribution in [-0.4, -0.2) is 39.3 Å². The zero-order chi connectivity index (χ0) is 22.4. The fraction of sp³-hybridized carbons (Fsp3) is 0.136. The monoisotopic (exact) mass is 460 g/mol. The van der Waals surface area contributed by atoms with E-state index in [-0.39, 0.29) is 11.5 Å². The van der Waals surface area contributed by atoms with Gasteiger partial charge in [-0.05, 0) is 54.6 Å². The van der Waals surface area contributed by atoms with Gasteiger partial charge in [0.05, 0.1) is 10.6 Å². The summed E-state index contributed by atoms with van der Waals surface area (Å²) in [4.78, 5) is 12.5. The van der Waals surface area contributed by atoms with Crippen molar-refractivity contribution >= 4 is 33.2 Å². The Balaban J connectivity index is 1.64. The fourth-order valence-corrected chi connectivity index (χ4v) is 3.63. The molecular formula is C22H21ClN2O5S. The average molecular weight is 461 g/mol. The number of ether oxygens (including phenoxy) is 2. The largest absolute Gasteiger partial charge is 0.484 e. The molecular weight excluding hydrogens is 440 g/mol. The molecule has 3 aromatic rings. The fourth-order valence-electron chi connectivity index (χ4n) is 2.56. The van der Waals surface area contributed by atoms with Gasteiger partial charge in [0.1, 0.15) is 11.5 Å². The minimum absolute atomic E-state index is 0.135. The molecule has 0 fully saturated rings. The lowest BCUT2D eigenvalue weighted by molar-refractivity contribution is -0.118. The summed E-state index contributed by atoms with van der Waals surface area (Å²) in [5.41, 5.74) is 0.400. The summed E-state index contributed by atoms with van der Waals surface area (Å²) < 4.78 is 36.6. The predicted octanol–water partition coefficient (Wildman–Crippen LogP) is 4.40. The van der Waals surface area contributed by atoms with Crippen LogP contribution >= 0.6 is 11.6 Å². The Bertz CT molecular complexity index is 1150. The highest BCUT2D eigenvalue weighted by Crippen LogP contribution is 2.32. The van der Waals surface area contributed by atoms with Crippen molar-refractivity contribution in [1.82, 2.24) is 4.31 Å². The zero-order valence-corrected chi connectivity index (χ0v) is 18.5. The summed E-state index contributed by atoms with van der Waals surface area (Å²) in [6.45, 7) is -0.281. The number of hydrogen-bond donors (Lipinski definition) is 1. The van der Waals surface area contributed by atoms with E-state index in [1.807, 2.05) is 18.2 Å². The van der Waals surface area contributed by atoms with Crippen LogP contribution in [0.3, 0.4) is 0 Å². The number of rotatable bonds is 8. The minimum Gasteiger partial charge on any atom is -0.484 e. The summed E-state index contributed by atoms with van der Waals surface area (Å²) in [6, 6.07) is 19.9. The molecule has 0 saturated heterocycles. The lowest BCUT2D eigenvalue weighted by Crippen LogP contribution is -2.22. The quantitative estimate of drug-likeness (QED) is 0.538. The molecule has 0 aliphatic rings. The van der Waals surface area contributed by atoms with Gasteiger partial charge < -0.3 is 14.8 Å². The van der Waals surface area contributed by atoms with Gasteiger partial charge in [0.2, 0.25) is 10.0 Å². The first-order valence-corrected chi connectivity index (χ1v) is 11.1. The molecule has 1 amide bonds. The van der Waals surface area contributed by atoms with Gasteiger partial charge in [-0.25, -0.2) is 12.7 Å². The average Bonchev–Trinajstić information content (AvgIpc) is 2.75. The number of carbonyl (C=O) groups is 1. The topological polar surface area (TPSA) is 84.9 Å². The van der Waals surface area contributed by atoms with Crippen molar-refractivity contribution in [3.8, 4) is 17.2 Å². The molecule has 3 aromatic carbocycles. The SMILES string of the molecule is CN(C)S(=O)(=O)c1ccc(OCC(=O)Nc2cc(Cl)ccc2Oc2ccccc2)cc1. The molecule has 7 nitrogen and oxygen atoms in total. The molecule has 0 aliphatic heterocycles. The summed E-state index contributed by atoms with van der Waals surface area (Å²) in [5, 5.41) is 3.16. The third kappa shape index (κ3) is 5.97. The maximum atomic E-state index is 12.4. The van der Waals surface area contributed by atoms with E-state index in [0.717, 1.165) is 4.31 Å². The van der Waals surface area contributed by atoms with Crippen molar-refractivity contribution in [1.29, 1.82) is 0 Å². The molecule has 0 heterocycles. The van der Waals surface area contributed by atoms with Crippen LogP contribution in [0.1, 0.15) is 0 Å². The number of nitrogens with one attached hydrogen (secondary N) is 1. The molecule has 1 N–H and O–H groups in total. The maximum Gasteiger partial charge on any atom is 0.262 e. The van der Waals surface area contributed by atoms with E-state index in [1.165, 1.54) is 38.4 Å². The summed E-state index contributed by atoms with van der Waals surface area (Å²) in [7, 11) is -0.620. The van der Waals surface area contributed by atoms with Crippen molar-refractivity contribution in [3.05, 3.63) is 77.8 Å². The van der Waals surface area contributed by atoms with Gasteiger partial charge in [0, 0.05) is 19.1 Å². The van der Waals surface area contributed by atoms with E-state index in [1.54, 1.807) is 30.3 Å². The number of anilines is 1. The molecule has 3 rings (SSSR count). The Morgan fingerprint density at radius 1 is 0.968 bits per heavy atom. The van der Waals surface area contributed by atoms with Crippen molar-refractivity contribution in [2.45, 2.75) is 4.90 Å². The van der Waals surface area contributed by atoms with E-state index in [0.29, 0.717) is 28.0 Å². The number of carbonyl (C=O) groups excluding carboxylic acids is 1. The molecule has 0 aromatic heterocycles. The lowest BCUT2D eigenvalue weighted by atomic mass is 10.2. The predicted molar refractivity (Wildman–Crippen MR) is 119 cm³/mol. The van der Waals surface area contributed by atoms with Crippen LogP contribution in [0.25, 0.3) is 0 Å². The van der Waals surface area contributed by atoms with Crippen LogP contribution in [0.2, 0.25) is 5.02 Å². The Morgan fingerprint density at radius 2 is 1.65 bits per heavy atom. The number of nitrogens with zero attached hydrogens (tertiary/aromatic N) is 1. The maximum absolute atomic E-state index is 12.4. The summed E-state index contributed by atoms with van der Waals surface area (Å²) in [5.74, 6) is 0.983. The molecule has 162 valence electrons. The number of amides is 1. The van der Waals surface area contributed by atoms with Gasteiger partial charge in [0.25, 0.3) is 5.91 Å². The molecule has 0 atom stereocenters. The minimum atomic E-state index is -3.53. The van der Waals surface area contributed by atoms with Crippen LogP contribution < -0.4 is 14.8 Å². The number of hydrogen-bond acceptors (Lipinski definition) is 5. The second kappa shape index (κ2) is 9.82. The zero-order valence-electron chi connectivity index (χ0n) is 16.9. The molecule has 0 aliphatic carbocycles. The lowest BCUT2D eigenvalue weighted by Gasteiger charge is -2.14. The normalized spacial score (nSPS) is 11.2. The standard InChI is InChI=1S/C22H21ClN2O5S/c1-25(2)31(27,28)19-11-9-17(10-12-19)29-15-22(26)24-20-14-16(23)8-13-21(20)30-18-6-4-3-5-7-18/h3-14H,15H2,1-2H3,(H,24,26). The van der Waals surface area contributed by atoms with E-state index < -0.39 is 15.9 Å².